The Hall–Kier alpha value is -1.05. The second-order valence-electron chi connectivity index (χ2n) is 7.37. The molecule has 0 bridgehead atoms. The average molecular weight is 379 g/mol. The van der Waals surface area contributed by atoms with Gasteiger partial charge in [0.05, 0.1) is 0 Å². The molecule has 25 heavy (non-hydrogen) atoms. The van der Waals surface area contributed by atoms with Gasteiger partial charge in [-0.2, -0.15) is 0 Å². The van der Waals surface area contributed by atoms with Crippen molar-refractivity contribution >= 4 is 0 Å². The summed E-state index contributed by atoms with van der Waals surface area (Å²) in [4.78, 5) is 0. The van der Waals surface area contributed by atoms with Gasteiger partial charge >= 0.3 is 0 Å². The molecule has 0 fully saturated rings. The monoisotopic (exact) mass is 379 g/mol. The molecule has 0 amide bonds. The van der Waals surface area contributed by atoms with Crippen molar-refractivity contribution in [1.29, 1.82) is 0 Å². The van der Waals surface area contributed by atoms with Crippen LogP contribution in [0.3, 0.4) is 0 Å². The molecule has 0 nitrogen and oxygen atoms in total. The van der Waals surface area contributed by atoms with Crippen LogP contribution >= 0.6 is 0 Å². The number of rotatable bonds is 0. The molecule has 137 valence electrons. The van der Waals surface area contributed by atoms with Crippen molar-refractivity contribution in [3.63, 3.8) is 0 Å². The molecule has 0 atom stereocenters. The number of hydrogen-bond donors (Lipinski definition) is 0. The third-order valence-corrected chi connectivity index (χ3v) is 5.52. The number of aryl methyl sites for hydroxylation is 4. The van der Waals surface area contributed by atoms with Gasteiger partial charge in [-0.05, 0) is 73.6 Å². The fourth-order valence-corrected chi connectivity index (χ4v) is 4.06. The van der Waals surface area contributed by atoms with E-state index < -0.39 is 0 Å². The number of hydrogen-bond acceptors (Lipinski definition) is 0. The molecule has 1 radical (unpaired) electrons. The summed E-state index contributed by atoms with van der Waals surface area (Å²) in [5.74, 6) is 0. The largest absolute Gasteiger partial charge is 0.0620 e. The van der Waals surface area contributed by atoms with E-state index in [0.717, 1.165) is 0 Å². The second kappa shape index (κ2) is 11.5. The molecule has 0 N–H and O–H groups in total. The molecule has 0 saturated carbocycles. The molecule has 1 heteroatoms. The fraction of sp³-hybridized carbons (Fsp3) is 0.500. The van der Waals surface area contributed by atoms with Gasteiger partial charge in [-0.3, -0.25) is 0 Å². The summed E-state index contributed by atoms with van der Waals surface area (Å²) in [6.07, 6.45) is 16.5. The molecule has 2 aromatic rings. The third-order valence-electron chi connectivity index (χ3n) is 5.52. The van der Waals surface area contributed by atoms with Gasteiger partial charge in [-0.25, -0.2) is 0 Å². The molecule has 0 aliphatic heterocycles. The minimum Gasteiger partial charge on any atom is -0.0620 e. The quantitative estimate of drug-likeness (QED) is 0.478. The average Bonchev–Trinajstić information content (AvgIpc) is 2.57. The molecule has 2 aliphatic rings. The van der Waals surface area contributed by atoms with Gasteiger partial charge < -0.3 is 0 Å². The van der Waals surface area contributed by atoms with E-state index in [0.29, 0.717) is 0 Å². The van der Waals surface area contributed by atoms with E-state index in [2.05, 4.69) is 48.5 Å². The van der Waals surface area contributed by atoms with Crippen molar-refractivity contribution in [2.75, 3.05) is 0 Å². The van der Waals surface area contributed by atoms with E-state index in [1.165, 1.54) is 77.0 Å². The van der Waals surface area contributed by atoms with Gasteiger partial charge in [0.2, 0.25) is 0 Å². The number of benzene rings is 2. The third kappa shape index (κ3) is 6.64. The molecule has 0 heterocycles. The van der Waals surface area contributed by atoms with Crippen LogP contribution in [-0.4, -0.2) is 0 Å². The molecule has 0 aromatic heterocycles. The van der Waals surface area contributed by atoms with Crippen LogP contribution in [0.2, 0.25) is 0 Å². The van der Waals surface area contributed by atoms with Crippen molar-refractivity contribution in [1.82, 2.24) is 0 Å². The Balaban J connectivity index is 0.000000173. The summed E-state index contributed by atoms with van der Waals surface area (Å²) in [6, 6.07) is 17.8. The van der Waals surface area contributed by atoms with Crippen molar-refractivity contribution in [2.45, 2.75) is 77.0 Å². The first-order valence-electron chi connectivity index (χ1n) is 10.1. The van der Waals surface area contributed by atoms with E-state index >= 15 is 0 Å². The van der Waals surface area contributed by atoms with E-state index in [1.807, 2.05) is 0 Å². The predicted octanol–water partition coefficient (Wildman–Crippen LogP) is 6.69. The molecule has 2 aliphatic carbocycles. The number of fused-ring (bicyclic) bond motifs is 2. The summed E-state index contributed by atoms with van der Waals surface area (Å²) in [5.41, 5.74) is 6.38. The topological polar surface area (TPSA) is 0 Å². The van der Waals surface area contributed by atoms with Crippen LogP contribution in [0.25, 0.3) is 0 Å². The molecule has 0 saturated heterocycles. The normalized spacial score (nSPS) is 17.0. The second-order valence-corrected chi connectivity index (χ2v) is 7.37. The Morgan fingerprint density at radius 2 is 0.600 bits per heavy atom. The fourth-order valence-electron chi connectivity index (χ4n) is 4.06. The van der Waals surface area contributed by atoms with Crippen LogP contribution in [0.15, 0.2) is 48.5 Å². The van der Waals surface area contributed by atoms with E-state index in [9.17, 15) is 0 Å². The smallest absolute Gasteiger partial charge is 0 e. The van der Waals surface area contributed by atoms with Gasteiger partial charge in [0.25, 0.3) is 0 Å². The van der Waals surface area contributed by atoms with Gasteiger partial charge in [-0.1, -0.05) is 74.2 Å². The summed E-state index contributed by atoms with van der Waals surface area (Å²) < 4.78 is 0. The van der Waals surface area contributed by atoms with Crippen molar-refractivity contribution in [3.8, 4) is 0 Å². The Morgan fingerprint density at radius 1 is 0.360 bits per heavy atom. The van der Waals surface area contributed by atoms with Crippen LogP contribution in [0, 0.1) is 0 Å². The van der Waals surface area contributed by atoms with E-state index in [-0.39, 0.29) is 16.8 Å². The van der Waals surface area contributed by atoms with Crippen LogP contribution in [0.1, 0.15) is 73.6 Å². The molecular formula is C24H32Co. The molecule has 4 rings (SSSR count). The predicted molar refractivity (Wildman–Crippen MR) is 105 cm³/mol. The van der Waals surface area contributed by atoms with E-state index in [4.69, 9.17) is 0 Å². The first kappa shape index (κ1) is 20.3. The molecule has 2 aromatic carbocycles. The Kier molecular flexibility index (Phi) is 9.35. The zero-order valence-corrected chi connectivity index (χ0v) is 16.5. The molecule has 0 spiro atoms. The zero-order valence-electron chi connectivity index (χ0n) is 15.4. The Bertz CT molecular complexity index is 507. The SMILES string of the molecule is [Co].c1ccc2c(c1)CCCCCC2.c1ccc2c(c1)CCCCCC2. The minimum atomic E-state index is 0. The minimum absolute atomic E-state index is 0. The maximum atomic E-state index is 2.29. The van der Waals surface area contributed by atoms with Crippen molar-refractivity contribution in [3.05, 3.63) is 70.8 Å². The maximum absolute atomic E-state index is 2.29. The summed E-state index contributed by atoms with van der Waals surface area (Å²) in [5, 5.41) is 0. The van der Waals surface area contributed by atoms with Crippen molar-refractivity contribution in [2.24, 2.45) is 0 Å². The van der Waals surface area contributed by atoms with Crippen LogP contribution in [-0.2, 0) is 42.5 Å². The summed E-state index contributed by atoms with van der Waals surface area (Å²) in [6.45, 7) is 0. The molecular weight excluding hydrogens is 347 g/mol. The van der Waals surface area contributed by atoms with Gasteiger partial charge in [0.15, 0.2) is 0 Å². The zero-order chi connectivity index (χ0) is 16.5. The summed E-state index contributed by atoms with van der Waals surface area (Å²) in [7, 11) is 0. The molecule has 0 unspecified atom stereocenters. The van der Waals surface area contributed by atoms with Crippen molar-refractivity contribution < 1.29 is 16.8 Å². The van der Waals surface area contributed by atoms with Crippen LogP contribution < -0.4 is 0 Å². The van der Waals surface area contributed by atoms with Crippen LogP contribution in [0.5, 0.6) is 0 Å². The Morgan fingerprint density at radius 3 is 0.840 bits per heavy atom. The Labute approximate surface area is 164 Å². The van der Waals surface area contributed by atoms with Gasteiger partial charge in [-0.15, -0.1) is 0 Å². The maximum Gasteiger partial charge on any atom is 0 e. The van der Waals surface area contributed by atoms with Crippen LogP contribution in [0.4, 0.5) is 0 Å². The first-order chi connectivity index (χ1) is 11.9. The summed E-state index contributed by atoms with van der Waals surface area (Å²) >= 11 is 0. The van der Waals surface area contributed by atoms with Gasteiger partial charge in [0, 0.05) is 16.8 Å². The van der Waals surface area contributed by atoms with E-state index in [1.54, 1.807) is 22.3 Å². The first-order valence-corrected chi connectivity index (χ1v) is 10.1. The standard InChI is InChI=1S/2C12H16.Co/c2*1-2-4-8-12-10-6-5-9-11(12)7-3-1;/h2*5-6,9-10H,1-4,7-8H2;. The van der Waals surface area contributed by atoms with Gasteiger partial charge in [0.1, 0.15) is 0 Å².